The first-order valence-electron chi connectivity index (χ1n) is 9.03. The second kappa shape index (κ2) is 7.81. The van der Waals surface area contributed by atoms with Gasteiger partial charge in [-0.2, -0.15) is 29.9 Å². The molecule has 0 spiro atoms. The van der Waals surface area contributed by atoms with Gasteiger partial charge in [-0.15, -0.1) is 0 Å². The zero-order valence-corrected chi connectivity index (χ0v) is 15.6. The number of alkyl halides is 3. The largest absolute Gasteiger partial charge is 0.416 e. The van der Waals surface area contributed by atoms with Crippen LogP contribution in [0.25, 0.3) is 11.4 Å². The average Bonchev–Trinajstić information content (AvgIpc) is 3.34. The maximum atomic E-state index is 12.7. The van der Waals surface area contributed by atoms with Gasteiger partial charge in [0, 0.05) is 43.5 Å². The van der Waals surface area contributed by atoms with Crippen molar-refractivity contribution in [2.75, 3.05) is 37.7 Å². The van der Waals surface area contributed by atoms with E-state index in [1.807, 2.05) is 11.8 Å². The van der Waals surface area contributed by atoms with Gasteiger partial charge in [-0.05, 0) is 24.3 Å². The van der Waals surface area contributed by atoms with Crippen LogP contribution in [-0.4, -0.2) is 63.7 Å². The average molecular weight is 398 g/mol. The fraction of sp³-hybridized carbons (Fsp3) is 0.556. The van der Waals surface area contributed by atoms with Gasteiger partial charge in [-0.1, -0.05) is 17.3 Å². The Morgan fingerprint density at radius 1 is 1.11 bits per heavy atom. The van der Waals surface area contributed by atoms with Gasteiger partial charge in [0.15, 0.2) is 0 Å². The minimum Gasteiger partial charge on any atom is -0.338 e. The van der Waals surface area contributed by atoms with Gasteiger partial charge in [-0.3, -0.25) is 9.80 Å². The Balaban J connectivity index is 1.33. The number of piperazine rings is 1. The maximum absolute atomic E-state index is 12.7. The van der Waals surface area contributed by atoms with E-state index in [9.17, 15) is 13.2 Å². The first-order chi connectivity index (χ1) is 13.0. The maximum Gasteiger partial charge on any atom is 0.416 e. The standard InChI is InChI=1S/C18H21F3N4OS/c19-18(20,21)14-3-1-13(2-4-14)17-22-16(26-23-17)11-24-6-8-25(9-7-24)15-5-10-27-12-15/h1-4,15H,5-12H2/t15-/m0/s1. The third kappa shape index (κ3) is 4.47. The summed E-state index contributed by atoms with van der Waals surface area (Å²) in [4.78, 5) is 9.19. The number of hydrogen-bond acceptors (Lipinski definition) is 6. The van der Waals surface area contributed by atoms with E-state index in [2.05, 4.69) is 19.9 Å². The van der Waals surface area contributed by atoms with Gasteiger partial charge in [0.05, 0.1) is 12.1 Å². The van der Waals surface area contributed by atoms with Crippen LogP contribution in [0.15, 0.2) is 28.8 Å². The van der Waals surface area contributed by atoms with E-state index in [0.29, 0.717) is 29.9 Å². The summed E-state index contributed by atoms with van der Waals surface area (Å²) in [5.74, 6) is 3.31. The molecule has 4 rings (SSSR count). The summed E-state index contributed by atoms with van der Waals surface area (Å²) in [5, 5.41) is 3.91. The monoisotopic (exact) mass is 398 g/mol. The molecule has 146 valence electrons. The molecule has 0 saturated carbocycles. The summed E-state index contributed by atoms with van der Waals surface area (Å²) in [7, 11) is 0. The number of nitrogens with zero attached hydrogens (tertiary/aromatic N) is 4. The first kappa shape index (κ1) is 18.8. The fourth-order valence-corrected chi connectivity index (χ4v) is 4.79. The highest BCUT2D eigenvalue weighted by Crippen LogP contribution is 2.30. The normalized spacial score (nSPS) is 22.4. The van der Waals surface area contributed by atoms with Crippen molar-refractivity contribution in [2.45, 2.75) is 25.2 Å². The SMILES string of the molecule is FC(F)(F)c1ccc(-c2noc(CN3CCN([C@H]4CCSC4)CC3)n2)cc1. The number of rotatable bonds is 4. The van der Waals surface area contributed by atoms with E-state index in [4.69, 9.17) is 4.52 Å². The minimum absolute atomic E-state index is 0.320. The van der Waals surface area contributed by atoms with Crippen LogP contribution in [-0.2, 0) is 12.7 Å². The quantitative estimate of drug-likeness (QED) is 0.787. The number of hydrogen-bond donors (Lipinski definition) is 0. The van der Waals surface area contributed by atoms with Crippen molar-refractivity contribution in [1.29, 1.82) is 0 Å². The smallest absolute Gasteiger partial charge is 0.338 e. The van der Waals surface area contributed by atoms with Gasteiger partial charge < -0.3 is 4.52 Å². The number of thioether (sulfide) groups is 1. The zero-order chi connectivity index (χ0) is 18.9. The summed E-state index contributed by atoms with van der Waals surface area (Å²) in [6.45, 7) is 4.58. The third-order valence-electron chi connectivity index (χ3n) is 5.13. The van der Waals surface area contributed by atoms with E-state index in [0.717, 1.165) is 38.3 Å². The number of halogens is 3. The second-order valence-electron chi connectivity index (χ2n) is 6.92. The second-order valence-corrected chi connectivity index (χ2v) is 8.07. The molecule has 0 unspecified atom stereocenters. The summed E-state index contributed by atoms with van der Waals surface area (Å²) in [6, 6.07) is 5.52. The minimum atomic E-state index is -4.35. The van der Waals surface area contributed by atoms with Gasteiger partial charge in [0.2, 0.25) is 11.7 Å². The van der Waals surface area contributed by atoms with Gasteiger partial charge in [0.1, 0.15) is 0 Å². The van der Waals surface area contributed by atoms with E-state index in [-0.39, 0.29) is 0 Å². The van der Waals surface area contributed by atoms with Crippen LogP contribution in [0.5, 0.6) is 0 Å². The molecule has 5 nitrogen and oxygen atoms in total. The molecule has 1 aromatic heterocycles. The van der Waals surface area contributed by atoms with Crippen LogP contribution < -0.4 is 0 Å². The molecule has 0 radical (unpaired) electrons. The molecular formula is C18H21F3N4OS. The highest BCUT2D eigenvalue weighted by molar-refractivity contribution is 7.99. The molecule has 2 fully saturated rings. The van der Waals surface area contributed by atoms with Gasteiger partial charge in [0.25, 0.3) is 0 Å². The highest BCUT2D eigenvalue weighted by Gasteiger charge is 2.30. The lowest BCUT2D eigenvalue weighted by atomic mass is 10.1. The van der Waals surface area contributed by atoms with Crippen LogP contribution >= 0.6 is 11.8 Å². The third-order valence-corrected chi connectivity index (χ3v) is 6.27. The Labute approximate surface area is 159 Å². The summed E-state index contributed by atoms with van der Waals surface area (Å²) in [5.41, 5.74) is -0.171. The molecule has 0 amide bonds. The topological polar surface area (TPSA) is 45.4 Å². The lowest BCUT2D eigenvalue weighted by Crippen LogP contribution is -2.50. The molecule has 2 saturated heterocycles. The van der Waals surface area contributed by atoms with E-state index >= 15 is 0 Å². The molecule has 9 heteroatoms. The Hall–Kier alpha value is -1.58. The predicted molar refractivity (Wildman–Crippen MR) is 97.3 cm³/mol. The van der Waals surface area contributed by atoms with Crippen LogP contribution in [0, 0.1) is 0 Å². The molecule has 0 N–H and O–H groups in total. The van der Waals surface area contributed by atoms with E-state index in [1.165, 1.54) is 30.1 Å². The van der Waals surface area contributed by atoms with Crippen LogP contribution in [0.1, 0.15) is 17.9 Å². The van der Waals surface area contributed by atoms with Crippen molar-refractivity contribution < 1.29 is 17.7 Å². The van der Waals surface area contributed by atoms with Crippen LogP contribution in [0.4, 0.5) is 13.2 Å². The molecule has 2 aliphatic heterocycles. The van der Waals surface area contributed by atoms with Crippen LogP contribution in [0.2, 0.25) is 0 Å². The molecule has 0 bridgehead atoms. The zero-order valence-electron chi connectivity index (χ0n) is 14.8. The highest BCUT2D eigenvalue weighted by atomic mass is 32.2. The summed E-state index contributed by atoms with van der Waals surface area (Å²) < 4.78 is 43.3. The molecule has 27 heavy (non-hydrogen) atoms. The Morgan fingerprint density at radius 3 is 2.48 bits per heavy atom. The number of benzene rings is 1. The van der Waals surface area contributed by atoms with E-state index in [1.54, 1.807) is 0 Å². The molecule has 2 aliphatic rings. The predicted octanol–water partition coefficient (Wildman–Crippen LogP) is 3.38. The van der Waals surface area contributed by atoms with E-state index < -0.39 is 11.7 Å². The Bertz CT molecular complexity index is 751. The summed E-state index contributed by atoms with van der Waals surface area (Å²) in [6.07, 6.45) is -3.06. The van der Waals surface area contributed by atoms with Crippen LogP contribution in [0.3, 0.4) is 0 Å². The summed E-state index contributed by atoms with van der Waals surface area (Å²) >= 11 is 2.03. The van der Waals surface area contributed by atoms with Crippen molar-refractivity contribution >= 4 is 11.8 Å². The Kier molecular flexibility index (Phi) is 5.43. The molecule has 1 aromatic carbocycles. The molecule has 0 aliphatic carbocycles. The molecule has 1 atom stereocenters. The molecular weight excluding hydrogens is 377 g/mol. The van der Waals surface area contributed by atoms with Crippen molar-refractivity contribution in [2.24, 2.45) is 0 Å². The first-order valence-corrected chi connectivity index (χ1v) is 10.2. The van der Waals surface area contributed by atoms with Crippen molar-refractivity contribution in [1.82, 2.24) is 19.9 Å². The fourth-order valence-electron chi connectivity index (χ4n) is 3.53. The molecule has 2 aromatic rings. The van der Waals surface area contributed by atoms with Gasteiger partial charge in [-0.25, -0.2) is 0 Å². The van der Waals surface area contributed by atoms with Gasteiger partial charge >= 0.3 is 6.18 Å². The Morgan fingerprint density at radius 2 is 1.85 bits per heavy atom. The van der Waals surface area contributed by atoms with Crippen molar-refractivity contribution in [3.8, 4) is 11.4 Å². The number of aromatic nitrogens is 2. The lowest BCUT2D eigenvalue weighted by molar-refractivity contribution is -0.137. The van der Waals surface area contributed by atoms with Crippen molar-refractivity contribution in [3.05, 3.63) is 35.7 Å². The molecule has 3 heterocycles. The van der Waals surface area contributed by atoms with Crippen molar-refractivity contribution in [3.63, 3.8) is 0 Å². The lowest BCUT2D eigenvalue weighted by Gasteiger charge is -2.37.